The quantitative estimate of drug-likeness (QED) is 0.534. The van der Waals surface area contributed by atoms with Crippen molar-refractivity contribution in [3.8, 4) is 0 Å². The molecule has 0 spiro atoms. The molecule has 0 bridgehead atoms. The van der Waals surface area contributed by atoms with Crippen LogP contribution < -0.4 is 0 Å². The van der Waals surface area contributed by atoms with Crippen LogP contribution in [0.5, 0.6) is 0 Å². The molecule has 0 aliphatic rings. The summed E-state index contributed by atoms with van der Waals surface area (Å²) >= 11 is 0. The smallest absolute Gasteiger partial charge is 0.0554 e. The molecule has 1 rings (SSSR count). The van der Waals surface area contributed by atoms with Crippen LogP contribution in [0.25, 0.3) is 0 Å². The first kappa shape index (κ1) is 20.2. The van der Waals surface area contributed by atoms with Crippen LogP contribution >= 0.6 is 0 Å². The fourth-order valence-electron chi connectivity index (χ4n) is 3.25. The molecular weight excluding hydrogens is 280 g/mol. The van der Waals surface area contributed by atoms with Crippen molar-refractivity contribution in [2.24, 2.45) is 0 Å². The van der Waals surface area contributed by atoms with Gasteiger partial charge in [0.25, 0.3) is 0 Å². The van der Waals surface area contributed by atoms with Crippen molar-refractivity contribution in [1.82, 2.24) is 9.80 Å². The average Bonchev–Trinajstić information content (AvgIpc) is 2.50. The van der Waals surface area contributed by atoms with Gasteiger partial charge in [0.2, 0.25) is 0 Å². The Bertz CT molecular complexity index is 422. The Kier molecular flexibility index (Phi) is 8.86. The molecule has 0 fully saturated rings. The van der Waals surface area contributed by atoms with Gasteiger partial charge in [0.05, 0.1) is 5.54 Å². The minimum atomic E-state index is 0.0577. The minimum absolute atomic E-state index is 0.0577. The number of hydrogen-bond donors (Lipinski definition) is 0. The van der Waals surface area contributed by atoms with Gasteiger partial charge in [-0.05, 0) is 59.1 Å². The fraction of sp³-hybridized carbons (Fsp3) is 0.714. The molecule has 0 N–H and O–H groups in total. The summed E-state index contributed by atoms with van der Waals surface area (Å²) in [4.78, 5) is 4.60. The lowest BCUT2D eigenvalue weighted by Crippen LogP contribution is -2.46. The van der Waals surface area contributed by atoms with Crippen LogP contribution in [0.15, 0.2) is 24.3 Å². The molecule has 1 aromatic rings. The van der Waals surface area contributed by atoms with E-state index in [-0.39, 0.29) is 5.54 Å². The van der Waals surface area contributed by atoms with E-state index in [0.29, 0.717) is 0 Å². The monoisotopic (exact) mass is 318 g/mol. The maximum atomic E-state index is 2.33. The lowest BCUT2D eigenvalue weighted by atomic mass is 9.89. The SMILES string of the molecule is CCCCCCCCc1ccc(C(C)(CN(C)C)N(C)C)cc1. The second-order valence-corrected chi connectivity index (χ2v) is 7.62. The van der Waals surface area contributed by atoms with Crippen LogP contribution in [-0.2, 0) is 12.0 Å². The minimum Gasteiger partial charge on any atom is -0.307 e. The normalized spacial score (nSPS) is 14.4. The van der Waals surface area contributed by atoms with Gasteiger partial charge < -0.3 is 4.90 Å². The first-order chi connectivity index (χ1) is 10.9. The first-order valence-corrected chi connectivity index (χ1v) is 9.31. The van der Waals surface area contributed by atoms with Crippen molar-refractivity contribution in [3.05, 3.63) is 35.4 Å². The summed E-state index contributed by atoms with van der Waals surface area (Å²) in [5.74, 6) is 0. The molecule has 0 aromatic heterocycles. The van der Waals surface area contributed by atoms with E-state index < -0.39 is 0 Å². The highest BCUT2D eigenvalue weighted by Crippen LogP contribution is 2.27. The van der Waals surface area contributed by atoms with Gasteiger partial charge in [-0.25, -0.2) is 0 Å². The summed E-state index contributed by atoms with van der Waals surface area (Å²) in [6, 6.07) is 9.32. The van der Waals surface area contributed by atoms with Crippen molar-refractivity contribution in [2.75, 3.05) is 34.7 Å². The van der Waals surface area contributed by atoms with Crippen LogP contribution in [0.4, 0.5) is 0 Å². The molecule has 132 valence electrons. The van der Waals surface area contributed by atoms with Crippen molar-refractivity contribution < 1.29 is 0 Å². The standard InChI is InChI=1S/C21H38N2/c1-7-8-9-10-11-12-13-19-14-16-20(17-15-19)21(2,23(5)6)18-22(3)4/h14-17H,7-13,18H2,1-6H3. The highest BCUT2D eigenvalue weighted by Gasteiger charge is 2.29. The van der Waals surface area contributed by atoms with Gasteiger partial charge in [-0.3, -0.25) is 4.90 Å². The van der Waals surface area contributed by atoms with E-state index in [1.54, 1.807) is 0 Å². The zero-order chi connectivity index (χ0) is 17.3. The zero-order valence-corrected chi connectivity index (χ0v) is 16.4. The third kappa shape index (κ3) is 6.64. The van der Waals surface area contributed by atoms with E-state index in [9.17, 15) is 0 Å². The number of hydrogen-bond acceptors (Lipinski definition) is 2. The maximum Gasteiger partial charge on any atom is 0.0554 e. The molecule has 0 radical (unpaired) electrons. The van der Waals surface area contributed by atoms with E-state index in [0.717, 1.165) is 6.54 Å². The number of rotatable bonds is 11. The molecule has 1 unspecified atom stereocenters. The summed E-state index contributed by atoms with van der Waals surface area (Å²) in [5, 5.41) is 0. The Hall–Kier alpha value is -0.860. The van der Waals surface area contributed by atoms with Gasteiger partial charge in [-0.15, -0.1) is 0 Å². The van der Waals surface area contributed by atoms with Crippen molar-refractivity contribution in [2.45, 2.75) is 64.3 Å². The van der Waals surface area contributed by atoms with Gasteiger partial charge in [0.15, 0.2) is 0 Å². The van der Waals surface area contributed by atoms with Gasteiger partial charge in [-0.2, -0.15) is 0 Å². The zero-order valence-electron chi connectivity index (χ0n) is 16.4. The number of likely N-dealkylation sites (N-methyl/N-ethyl adjacent to an activating group) is 2. The summed E-state index contributed by atoms with van der Waals surface area (Å²) in [6.07, 6.45) is 9.44. The topological polar surface area (TPSA) is 6.48 Å². The molecule has 0 saturated carbocycles. The molecule has 2 nitrogen and oxygen atoms in total. The van der Waals surface area contributed by atoms with E-state index >= 15 is 0 Å². The van der Waals surface area contributed by atoms with Gasteiger partial charge >= 0.3 is 0 Å². The van der Waals surface area contributed by atoms with E-state index in [1.165, 1.54) is 56.1 Å². The third-order valence-electron chi connectivity index (χ3n) is 5.01. The molecule has 1 aromatic carbocycles. The van der Waals surface area contributed by atoms with Gasteiger partial charge in [0.1, 0.15) is 0 Å². The second-order valence-electron chi connectivity index (χ2n) is 7.62. The van der Waals surface area contributed by atoms with Crippen molar-refractivity contribution >= 4 is 0 Å². The van der Waals surface area contributed by atoms with Crippen molar-refractivity contribution in [1.29, 1.82) is 0 Å². The largest absolute Gasteiger partial charge is 0.307 e. The van der Waals surface area contributed by atoms with Crippen LogP contribution in [0.1, 0.15) is 63.5 Å². The molecule has 0 heterocycles. The molecule has 2 heteroatoms. The highest BCUT2D eigenvalue weighted by molar-refractivity contribution is 5.28. The molecule has 0 aliphatic carbocycles. The molecule has 23 heavy (non-hydrogen) atoms. The number of nitrogens with zero attached hydrogens (tertiary/aromatic N) is 2. The van der Waals surface area contributed by atoms with Crippen LogP contribution in [0.3, 0.4) is 0 Å². The summed E-state index contributed by atoms with van der Waals surface area (Å²) < 4.78 is 0. The third-order valence-corrected chi connectivity index (χ3v) is 5.01. The summed E-state index contributed by atoms with van der Waals surface area (Å²) in [6.45, 7) is 5.63. The lowest BCUT2D eigenvalue weighted by Gasteiger charge is -2.39. The van der Waals surface area contributed by atoms with Crippen LogP contribution in [0, 0.1) is 0 Å². The van der Waals surface area contributed by atoms with E-state index in [4.69, 9.17) is 0 Å². The van der Waals surface area contributed by atoms with Gasteiger partial charge in [0, 0.05) is 6.54 Å². The Morgan fingerprint density at radius 2 is 1.39 bits per heavy atom. The predicted octanol–water partition coefficient (Wildman–Crippen LogP) is 4.93. The fourth-order valence-corrected chi connectivity index (χ4v) is 3.25. The van der Waals surface area contributed by atoms with Crippen LogP contribution in [0.2, 0.25) is 0 Å². The highest BCUT2D eigenvalue weighted by atomic mass is 15.2. The molecular formula is C21H38N2. The molecule has 1 atom stereocenters. The molecule has 0 saturated heterocycles. The second kappa shape index (κ2) is 10.1. The Labute approximate surface area is 144 Å². The van der Waals surface area contributed by atoms with E-state index in [2.05, 4.69) is 76.1 Å². The Morgan fingerprint density at radius 1 is 0.826 bits per heavy atom. The number of benzene rings is 1. The molecule has 0 amide bonds. The lowest BCUT2D eigenvalue weighted by molar-refractivity contribution is 0.128. The number of unbranched alkanes of at least 4 members (excludes halogenated alkanes) is 5. The van der Waals surface area contributed by atoms with Gasteiger partial charge in [-0.1, -0.05) is 63.3 Å². The summed E-state index contributed by atoms with van der Waals surface area (Å²) in [5.41, 5.74) is 2.94. The summed E-state index contributed by atoms with van der Waals surface area (Å²) in [7, 11) is 8.64. The molecule has 0 aliphatic heterocycles. The predicted molar refractivity (Wildman–Crippen MR) is 103 cm³/mol. The van der Waals surface area contributed by atoms with Crippen LogP contribution in [-0.4, -0.2) is 44.5 Å². The van der Waals surface area contributed by atoms with Crippen molar-refractivity contribution in [3.63, 3.8) is 0 Å². The van der Waals surface area contributed by atoms with E-state index in [1.807, 2.05) is 0 Å². The first-order valence-electron chi connectivity index (χ1n) is 9.31. The average molecular weight is 319 g/mol. The maximum absolute atomic E-state index is 2.33. The Morgan fingerprint density at radius 3 is 1.91 bits per heavy atom. The number of aryl methyl sites for hydroxylation is 1. The Balaban J connectivity index is 2.57.